The monoisotopic (exact) mass is 401 g/mol. The fraction of sp³-hybridized carbons (Fsp3) is 0.158. The SMILES string of the molecule is C=CCc1cccc(/C=N/NC(=O)[C@@H](C)Nc2ccc(Br)cc2)c1O. The van der Waals surface area contributed by atoms with Gasteiger partial charge in [0.25, 0.3) is 5.91 Å². The molecule has 130 valence electrons. The van der Waals surface area contributed by atoms with Crippen molar-refractivity contribution < 1.29 is 9.90 Å². The molecule has 0 aliphatic rings. The topological polar surface area (TPSA) is 73.7 Å². The second kappa shape index (κ2) is 9.03. The molecule has 0 saturated heterocycles. The number of benzene rings is 2. The quantitative estimate of drug-likeness (QED) is 0.374. The van der Waals surface area contributed by atoms with Crippen LogP contribution in [0.2, 0.25) is 0 Å². The summed E-state index contributed by atoms with van der Waals surface area (Å²) in [7, 11) is 0. The zero-order valence-electron chi connectivity index (χ0n) is 13.9. The molecule has 6 heteroatoms. The number of halogens is 1. The van der Waals surface area contributed by atoms with Crippen LogP contribution in [0.3, 0.4) is 0 Å². The summed E-state index contributed by atoms with van der Waals surface area (Å²) >= 11 is 3.37. The van der Waals surface area contributed by atoms with Gasteiger partial charge in [0, 0.05) is 15.7 Å². The van der Waals surface area contributed by atoms with Crippen LogP contribution < -0.4 is 10.7 Å². The standard InChI is InChI=1S/C19H20BrN3O2/c1-3-5-14-6-4-7-15(18(14)24)12-21-23-19(25)13(2)22-17-10-8-16(20)9-11-17/h3-4,6-13,22,24H,1,5H2,2H3,(H,23,25)/b21-12+/t13-/m1/s1. The fourth-order valence-corrected chi connectivity index (χ4v) is 2.42. The molecule has 2 rings (SSSR count). The minimum absolute atomic E-state index is 0.140. The van der Waals surface area contributed by atoms with Crippen LogP contribution in [0.5, 0.6) is 5.75 Å². The molecule has 0 aliphatic heterocycles. The third-order valence-corrected chi connectivity index (χ3v) is 4.04. The zero-order valence-corrected chi connectivity index (χ0v) is 15.5. The Morgan fingerprint density at radius 2 is 2.04 bits per heavy atom. The van der Waals surface area contributed by atoms with Gasteiger partial charge < -0.3 is 10.4 Å². The number of aromatic hydroxyl groups is 1. The first-order chi connectivity index (χ1) is 12.0. The van der Waals surface area contributed by atoms with E-state index >= 15 is 0 Å². The van der Waals surface area contributed by atoms with Crippen molar-refractivity contribution in [3.05, 3.63) is 70.7 Å². The van der Waals surface area contributed by atoms with E-state index < -0.39 is 6.04 Å². The summed E-state index contributed by atoms with van der Waals surface area (Å²) in [5.74, 6) is -0.137. The number of phenols is 1. The van der Waals surface area contributed by atoms with Crippen molar-refractivity contribution in [1.82, 2.24) is 5.43 Å². The number of carbonyl (C=O) groups is 1. The van der Waals surface area contributed by atoms with E-state index in [1.807, 2.05) is 36.4 Å². The summed E-state index contributed by atoms with van der Waals surface area (Å²) in [5, 5.41) is 17.2. The summed E-state index contributed by atoms with van der Waals surface area (Å²) < 4.78 is 0.971. The number of nitrogens with zero attached hydrogens (tertiary/aromatic N) is 1. The van der Waals surface area contributed by atoms with Gasteiger partial charge >= 0.3 is 0 Å². The average Bonchev–Trinajstić information content (AvgIpc) is 2.60. The van der Waals surface area contributed by atoms with Crippen LogP contribution in [0.4, 0.5) is 5.69 Å². The van der Waals surface area contributed by atoms with E-state index in [4.69, 9.17) is 0 Å². The molecule has 25 heavy (non-hydrogen) atoms. The number of phenolic OH excluding ortho intramolecular Hbond substituents is 1. The van der Waals surface area contributed by atoms with Crippen LogP contribution in [-0.2, 0) is 11.2 Å². The maximum Gasteiger partial charge on any atom is 0.262 e. The van der Waals surface area contributed by atoms with E-state index in [0.29, 0.717) is 12.0 Å². The maximum atomic E-state index is 12.1. The minimum atomic E-state index is -0.459. The molecular formula is C19H20BrN3O2. The number of para-hydroxylation sites is 1. The first-order valence-electron chi connectivity index (χ1n) is 7.78. The molecule has 0 aromatic heterocycles. The Balaban J connectivity index is 1.94. The lowest BCUT2D eigenvalue weighted by Gasteiger charge is -2.13. The Morgan fingerprint density at radius 3 is 2.72 bits per heavy atom. The molecule has 2 aromatic rings. The molecule has 0 unspecified atom stereocenters. The Labute approximate surface area is 155 Å². The summed E-state index contributed by atoms with van der Waals surface area (Å²) in [4.78, 5) is 12.1. The van der Waals surface area contributed by atoms with Gasteiger partial charge in [-0.15, -0.1) is 6.58 Å². The Hall–Kier alpha value is -2.60. The summed E-state index contributed by atoms with van der Waals surface area (Å²) in [6.07, 6.45) is 3.70. The predicted molar refractivity (Wildman–Crippen MR) is 105 cm³/mol. The fourth-order valence-electron chi connectivity index (χ4n) is 2.16. The van der Waals surface area contributed by atoms with Gasteiger partial charge in [-0.2, -0.15) is 5.10 Å². The number of hydrogen-bond acceptors (Lipinski definition) is 4. The molecule has 5 nitrogen and oxygen atoms in total. The summed E-state index contributed by atoms with van der Waals surface area (Å²) in [6.45, 7) is 5.40. The van der Waals surface area contributed by atoms with Gasteiger partial charge in [-0.1, -0.05) is 34.1 Å². The third kappa shape index (κ3) is 5.46. The van der Waals surface area contributed by atoms with E-state index in [9.17, 15) is 9.90 Å². The first-order valence-corrected chi connectivity index (χ1v) is 8.57. The van der Waals surface area contributed by atoms with E-state index in [1.165, 1.54) is 6.21 Å². The number of nitrogens with one attached hydrogen (secondary N) is 2. The highest BCUT2D eigenvalue weighted by Crippen LogP contribution is 2.21. The lowest BCUT2D eigenvalue weighted by molar-refractivity contribution is -0.121. The molecule has 0 bridgehead atoms. The Kier molecular flexibility index (Phi) is 6.77. The van der Waals surface area contributed by atoms with Crippen LogP contribution >= 0.6 is 15.9 Å². The van der Waals surface area contributed by atoms with Gasteiger partial charge in [-0.05, 0) is 49.2 Å². The number of rotatable bonds is 7. The second-order valence-corrected chi connectivity index (χ2v) is 6.37. The summed E-state index contributed by atoms with van der Waals surface area (Å²) in [6, 6.07) is 12.4. The molecule has 0 heterocycles. The van der Waals surface area contributed by atoms with Crippen molar-refractivity contribution in [2.45, 2.75) is 19.4 Å². The van der Waals surface area contributed by atoms with Crippen LogP contribution in [0.25, 0.3) is 0 Å². The van der Waals surface area contributed by atoms with Crippen molar-refractivity contribution >= 4 is 33.7 Å². The molecule has 0 fully saturated rings. The highest BCUT2D eigenvalue weighted by Gasteiger charge is 2.11. The highest BCUT2D eigenvalue weighted by atomic mass is 79.9. The van der Waals surface area contributed by atoms with Crippen LogP contribution in [0.15, 0.2) is 64.7 Å². The number of allylic oxidation sites excluding steroid dienone is 1. The smallest absolute Gasteiger partial charge is 0.262 e. The molecule has 1 amide bonds. The number of anilines is 1. The molecule has 2 aromatic carbocycles. The zero-order chi connectivity index (χ0) is 18.2. The second-order valence-electron chi connectivity index (χ2n) is 5.45. The molecule has 3 N–H and O–H groups in total. The lowest BCUT2D eigenvalue weighted by Crippen LogP contribution is -2.34. The van der Waals surface area contributed by atoms with Crippen molar-refractivity contribution in [2.75, 3.05) is 5.32 Å². The van der Waals surface area contributed by atoms with Gasteiger partial charge in [-0.3, -0.25) is 4.79 Å². The largest absolute Gasteiger partial charge is 0.507 e. The van der Waals surface area contributed by atoms with Gasteiger partial charge in [-0.25, -0.2) is 5.43 Å². The van der Waals surface area contributed by atoms with Crippen LogP contribution in [-0.4, -0.2) is 23.3 Å². The van der Waals surface area contributed by atoms with E-state index in [-0.39, 0.29) is 11.7 Å². The van der Waals surface area contributed by atoms with Crippen molar-refractivity contribution in [2.24, 2.45) is 5.10 Å². The number of hydrazone groups is 1. The van der Waals surface area contributed by atoms with E-state index in [2.05, 4.69) is 38.4 Å². The summed E-state index contributed by atoms with van der Waals surface area (Å²) in [5.41, 5.74) is 4.60. The molecule has 1 atom stereocenters. The lowest BCUT2D eigenvalue weighted by atomic mass is 10.1. The average molecular weight is 402 g/mol. The third-order valence-electron chi connectivity index (χ3n) is 3.51. The van der Waals surface area contributed by atoms with Crippen LogP contribution in [0.1, 0.15) is 18.1 Å². The molecule has 0 radical (unpaired) electrons. The molecular weight excluding hydrogens is 382 g/mol. The van der Waals surface area contributed by atoms with Gasteiger partial charge in [0.15, 0.2) is 0 Å². The predicted octanol–water partition coefficient (Wildman–Crippen LogP) is 3.83. The molecule has 0 aliphatic carbocycles. The van der Waals surface area contributed by atoms with E-state index in [0.717, 1.165) is 15.7 Å². The van der Waals surface area contributed by atoms with Gasteiger partial charge in [0.2, 0.25) is 0 Å². The van der Waals surface area contributed by atoms with Gasteiger partial charge in [0.05, 0.1) is 6.21 Å². The van der Waals surface area contributed by atoms with Crippen molar-refractivity contribution in [1.29, 1.82) is 0 Å². The highest BCUT2D eigenvalue weighted by molar-refractivity contribution is 9.10. The Morgan fingerprint density at radius 1 is 1.32 bits per heavy atom. The van der Waals surface area contributed by atoms with Gasteiger partial charge in [0.1, 0.15) is 11.8 Å². The first kappa shape index (κ1) is 18.7. The Bertz CT molecular complexity index is 773. The van der Waals surface area contributed by atoms with Crippen molar-refractivity contribution in [3.63, 3.8) is 0 Å². The maximum absolute atomic E-state index is 12.1. The van der Waals surface area contributed by atoms with E-state index in [1.54, 1.807) is 19.1 Å². The minimum Gasteiger partial charge on any atom is -0.507 e. The van der Waals surface area contributed by atoms with Crippen molar-refractivity contribution in [3.8, 4) is 5.75 Å². The number of hydrogen-bond donors (Lipinski definition) is 3. The number of carbonyl (C=O) groups excluding carboxylic acids is 1. The normalized spacial score (nSPS) is 11.9. The van der Waals surface area contributed by atoms with Crippen LogP contribution in [0, 0.1) is 0 Å². The number of amides is 1. The molecule has 0 saturated carbocycles. The molecule has 0 spiro atoms.